The first kappa shape index (κ1) is 16.8. The Kier molecular flexibility index (Phi) is 5.18. The molecule has 1 N–H and O–H groups in total. The Morgan fingerprint density at radius 1 is 1.22 bits per heavy atom. The number of aryl methyl sites for hydroxylation is 2. The van der Waals surface area contributed by atoms with Gasteiger partial charge in [0, 0.05) is 5.56 Å². The molecule has 0 unspecified atom stereocenters. The fourth-order valence-corrected chi connectivity index (χ4v) is 2.18. The van der Waals surface area contributed by atoms with Crippen molar-refractivity contribution in [3.63, 3.8) is 0 Å². The summed E-state index contributed by atoms with van der Waals surface area (Å²) in [6, 6.07) is 9.32. The van der Waals surface area contributed by atoms with Crippen molar-refractivity contribution in [2.24, 2.45) is 0 Å². The summed E-state index contributed by atoms with van der Waals surface area (Å²) in [7, 11) is 1.14. The average Bonchev–Trinajstić information content (AvgIpc) is 2.52. The van der Waals surface area contributed by atoms with Crippen molar-refractivity contribution < 1.29 is 23.9 Å². The topological polar surface area (TPSA) is 59.0 Å². The van der Waals surface area contributed by atoms with Gasteiger partial charge in [-0.3, -0.25) is 5.21 Å². The molecule has 0 aliphatic heterocycles. The molecule has 0 bridgehead atoms. The molecular formula is C17H18FNO4. The lowest BCUT2D eigenvalue weighted by atomic mass is 10.1. The van der Waals surface area contributed by atoms with E-state index in [-0.39, 0.29) is 12.3 Å². The third-order valence-electron chi connectivity index (χ3n) is 3.33. The SMILES string of the molecule is COC(=O)N(O)c1ccc(F)cc1COc1ccc(C)cc1C. The highest BCUT2D eigenvalue weighted by molar-refractivity contribution is 5.85. The first-order valence-corrected chi connectivity index (χ1v) is 6.98. The number of hydrogen-bond donors (Lipinski definition) is 1. The molecule has 6 heteroatoms. The summed E-state index contributed by atoms with van der Waals surface area (Å²) in [4.78, 5) is 11.4. The van der Waals surface area contributed by atoms with E-state index in [1.807, 2.05) is 32.0 Å². The number of ether oxygens (including phenoxy) is 2. The van der Waals surface area contributed by atoms with Gasteiger partial charge in [0.1, 0.15) is 18.2 Å². The first-order valence-electron chi connectivity index (χ1n) is 6.98. The van der Waals surface area contributed by atoms with Gasteiger partial charge in [0.25, 0.3) is 0 Å². The molecule has 122 valence electrons. The summed E-state index contributed by atoms with van der Waals surface area (Å²) in [6.07, 6.45) is -0.968. The molecule has 0 saturated carbocycles. The molecule has 5 nitrogen and oxygen atoms in total. The van der Waals surface area contributed by atoms with E-state index in [1.54, 1.807) is 0 Å². The lowest BCUT2D eigenvalue weighted by Crippen LogP contribution is -2.28. The number of nitrogens with zero attached hydrogens (tertiary/aromatic N) is 1. The minimum atomic E-state index is -0.968. The number of hydrogen-bond acceptors (Lipinski definition) is 4. The summed E-state index contributed by atoms with van der Waals surface area (Å²) < 4.78 is 23.6. The quantitative estimate of drug-likeness (QED) is 0.684. The Morgan fingerprint density at radius 3 is 2.61 bits per heavy atom. The van der Waals surface area contributed by atoms with Gasteiger partial charge >= 0.3 is 6.09 Å². The van der Waals surface area contributed by atoms with Crippen LogP contribution in [0.25, 0.3) is 0 Å². The summed E-state index contributed by atoms with van der Waals surface area (Å²) in [5.41, 5.74) is 2.46. The lowest BCUT2D eigenvalue weighted by molar-refractivity contribution is 0.140. The number of halogens is 1. The number of carbonyl (C=O) groups is 1. The number of anilines is 1. The van der Waals surface area contributed by atoms with Gasteiger partial charge in [0.15, 0.2) is 0 Å². The van der Waals surface area contributed by atoms with Gasteiger partial charge in [-0.15, -0.1) is 0 Å². The molecule has 0 radical (unpaired) electrons. The van der Waals surface area contributed by atoms with E-state index in [0.717, 1.165) is 24.3 Å². The molecule has 2 aromatic carbocycles. The van der Waals surface area contributed by atoms with Gasteiger partial charge in [-0.2, -0.15) is 5.06 Å². The number of benzene rings is 2. The molecule has 0 aliphatic carbocycles. The first-order chi connectivity index (χ1) is 10.9. The molecule has 0 aliphatic rings. The summed E-state index contributed by atoms with van der Waals surface area (Å²) >= 11 is 0. The van der Waals surface area contributed by atoms with E-state index in [1.165, 1.54) is 12.1 Å². The Morgan fingerprint density at radius 2 is 1.96 bits per heavy atom. The van der Waals surface area contributed by atoms with Gasteiger partial charge < -0.3 is 9.47 Å². The number of methoxy groups -OCH3 is 1. The number of amides is 1. The fourth-order valence-electron chi connectivity index (χ4n) is 2.18. The number of rotatable bonds is 4. The van der Waals surface area contributed by atoms with E-state index in [9.17, 15) is 14.4 Å². The van der Waals surface area contributed by atoms with Crippen molar-refractivity contribution in [1.29, 1.82) is 0 Å². The van der Waals surface area contributed by atoms with Crippen molar-refractivity contribution >= 4 is 11.8 Å². The lowest BCUT2D eigenvalue weighted by Gasteiger charge is -2.18. The van der Waals surface area contributed by atoms with Crippen LogP contribution in [0.15, 0.2) is 36.4 Å². The van der Waals surface area contributed by atoms with Crippen LogP contribution in [0.1, 0.15) is 16.7 Å². The minimum Gasteiger partial charge on any atom is -0.489 e. The van der Waals surface area contributed by atoms with Gasteiger partial charge in [0.2, 0.25) is 0 Å². The predicted octanol–water partition coefficient (Wildman–Crippen LogP) is 3.98. The van der Waals surface area contributed by atoms with Crippen LogP contribution in [0.5, 0.6) is 5.75 Å². The average molecular weight is 319 g/mol. The highest BCUT2D eigenvalue weighted by Crippen LogP contribution is 2.25. The van der Waals surface area contributed by atoms with Crippen molar-refractivity contribution in [2.45, 2.75) is 20.5 Å². The second kappa shape index (κ2) is 7.11. The highest BCUT2D eigenvalue weighted by Gasteiger charge is 2.18. The molecule has 2 rings (SSSR count). The van der Waals surface area contributed by atoms with Crippen molar-refractivity contribution in [2.75, 3.05) is 12.2 Å². The number of hydroxylamine groups is 1. The molecule has 0 atom stereocenters. The molecule has 0 saturated heterocycles. The third-order valence-corrected chi connectivity index (χ3v) is 3.33. The zero-order chi connectivity index (χ0) is 17.0. The van der Waals surface area contributed by atoms with Crippen molar-refractivity contribution in [3.8, 4) is 5.75 Å². The molecule has 0 fully saturated rings. The largest absolute Gasteiger partial charge is 0.489 e. The van der Waals surface area contributed by atoms with Crippen LogP contribution in [0, 0.1) is 19.7 Å². The maximum Gasteiger partial charge on any atom is 0.438 e. The summed E-state index contributed by atoms with van der Waals surface area (Å²) in [6.45, 7) is 3.87. The molecule has 0 aromatic heterocycles. The zero-order valence-corrected chi connectivity index (χ0v) is 13.2. The van der Waals surface area contributed by atoms with E-state index < -0.39 is 11.9 Å². The Bertz CT molecular complexity index is 718. The van der Waals surface area contributed by atoms with Crippen LogP contribution in [-0.2, 0) is 11.3 Å². The van der Waals surface area contributed by atoms with Crippen LogP contribution in [0.3, 0.4) is 0 Å². The van der Waals surface area contributed by atoms with Crippen molar-refractivity contribution in [3.05, 3.63) is 58.9 Å². The zero-order valence-electron chi connectivity index (χ0n) is 13.2. The molecule has 0 heterocycles. The van der Waals surface area contributed by atoms with Crippen LogP contribution in [0.4, 0.5) is 14.9 Å². The summed E-state index contributed by atoms with van der Waals surface area (Å²) in [5, 5.41) is 10.1. The minimum absolute atomic E-state index is 0.00888. The molecular weight excluding hydrogens is 301 g/mol. The van der Waals surface area contributed by atoms with E-state index in [2.05, 4.69) is 4.74 Å². The second-order valence-corrected chi connectivity index (χ2v) is 5.11. The Hall–Kier alpha value is -2.60. The smallest absolute Gasteiger partial charge is 0.438 e. The highest BCUT2D eigenvalue weighted by atomic mass is 19.1. The van der Waals surface area contributed by atoms with Gasteiger partial charge in [-0.25, -0.2) is 9.18 Å². The maximum atomic E-state index is 13.5. The Balaban J connectivity index is 2.24. The monoisotopic (exact) mass is 319 g/mol. The third kappa shape index (κ3) is 3.98. The van der Waals surface area contributed by atoms with Crippen LogP contribution in [0.2, 0.25) is 0 Å². The normalized spacial score (nSPS) is 10.3. The van der Waals surface area contributed by atoms with E-state index >= 15 is 0 Å². The summed E-state index contributed by atoms with van der Waals surface area (Å²) in [5.74, 6) is 0.152. The van der Waals surface area contributed by atoms with Crippen molar-refractivity contribution in [1.82, 2.24) is 0 Å². The maximum absolute atomic E-state index is 13.5. The van der Waals surface area contributed by atoms with Gasteiger partial charge in [0.05, 0.1) is 12.8 Å². The molecule has 2 aromatic rings. The predicted molar refractivity (Wildman–Crippen MR) is 83.3 cm³/mol. The fraction of sp³-hybridized carbons (Fsp3) is 0.235. The molecule has 1 amide bonds. The Labute approximate surface area is 133 Å². The van der Waals surface area contributed by atoms with Crippen LogP contribution in [-0.4, -0.2) is 18.4 Å². The number of carbonyl (C=O) groups excluding carboxylic acids is 1. The second-order valence-electron chi connectivity index (χ2n) is 5.11. The van der Waals surface area contributed by atoms with Crippen LogP contribution >= 0.6 is 0 Å². The molecule has 23 heavy (non-hydrogen) atoms. The van der Waals surface area contributed by atoms with E-state index in [4.69, 9.17) is 4.74 Å². The van der Waals surface area contributed by atoms with Crippen LogP contribution < -0.4 is 9.80 Å². The van der Waals surface area contributed by atoms with E-state index in [0.29, 0.717) is 16.4 Å². The standard InChI is InChI=1S/C17H18FNO4/c1-11-4-7-16(12(2)8-11)23-10-13-9-14(18)5-6-15(13)19(21)17(20)22-3/h4-9,21H,10H2,1-3H3. The van der Waals surface area contributed by atoms with Gasteiger partial charge in [-0.05, 0) is 43.7 Å². The van der Waals surface area contributed by atoms with Gasteiger partial charge in [-0.1, -0.05) is 17.7 Å². The molecule has 0 spiro atoms.